The Balaban J connectivity index is 1.88. The molecule has 106 valence electrons. The van der Waals surface area contributed by atoms with Crippen LogP contribution in [0.2, 0.25) is 0 Å². The molecule has 1 N–H and O–H groups in total. The van der Waals surface area contributed by atoms with Crippen LogP contribution in [0.1, 0.15) is 44.0 Å². The molecule has 19 heavy (non-hydrogen) atoms. The van der Waals surface area contributed by atoms with Crippen LogP contribution in [0.15, 0.2) is 18.2 Å². The highest BCUT2D eigenvalue weighted by atomic mass is 15.2. The molecule has 0 aromatic carbocycles. The Bertz CT molecular complexity index is 370. The van der Waals surface area contributed by atoms with Crippen molar-refractivity contribution in [3.05, 3.63) is 29.6 Å². The normalized spacial score (nSPS) is 20.5. The number of nitrogens with one attached hydrogen (secondary N) is 1. The Morgan fingerprint density at radius 3 is 3.00 bits per heavy atom. The molecule has 1 unspecified atom stereocenters. The zero-order valence-electron chi connectivity index (χ0n) is 12.4. The molecule has 1 fully saturated rings. The largest absolute Gasteiger partial charge is 0.313 e. The lowest BCUT2D eigenvalue weighted by molar-refractivity contribution is 0.240. The average molecular weight is 261 g/mol. The first-order chi connectivity index (χ1) is 9.28. The SMILES string of the molecule is CCN(Cc1cccc(C)n1)CC1CCCCCN1. The van der Waals surface area contributed by atoms with E-state index in [2.05, 4.69) is 47.2 Å². The summed E-state index contributed by atoms with van der Waals surface area (Å²) >= 11 is 0. The fraction of sp³-hybridized carbons (Fsp3) is 0.688. The van der Waals surface area contributed by atoms with Gasteiger partial charge < -0.3 is 5.32 Å². The van der Waals surface area contributed by atoms with Crippen molar-refractivity contribution in [1.29, 1.82) is 0 Å². The molecule has 0 amide bonds. The second-order valence-corrected chi connectivity index (χ2v) is 5.60. The lowest BCUT2D eigenvalue weighted by atomic mass is 10.1. The first-order valence-electron chi connectivity index (χ1n) is 7.66. The van der Waals surface area contributed by atoms with Crippen molar-refractivity contribution in [2.75, 3.05) is 19.6 Å². The number of nitrogens with zero attached hydrogens (tertiary/aromatic N) is 2. The van der Waals surface area contributed by atoms with Crippen LogP contribution in [0.5, 0.6) is 0 Å². The van der Waals surface area contributed by atoms with Gasteiger partial charge in [0.05, 0.1) is 5.69 Å². The molecule has 2 rings (SSSR count). The van der Waals surface area contributed by atoms with E-state index in [1.807, 2.05) is 0 Å². The van der Waals surface area contributed by atoms with E-state index in [1.165, 1.54) is 37.9 Å². The molecule has 1 aromatic rings. The maximum atomic E-state index is 4.61. The number of hydrogen-bond acceptors (Lipinski definition) is 3. The first kappa shape index (κ1) is 14.5. The molecule has 1 saturated heterocycles. The first-order valence-corrected chi connectivity index (χ1v) is 7.66. The molecule has 0 radical (unpaired) electrons. The summed E-state index contributed by atoms with van der Waals surface area (Å²) in [5, 5.41) is 3.68. The summed E-state index contributed by atoms with van der Waals surface area (Å²) in [5.74, 6) is 0. The van der Waals surface area contributed by atoms with Gasteiger partial charge >= 0.3 is 0 Å². The van der Waals surface area contributed by atoms with Crippen LogP contribution < -0.4 is 5.32 Å². The highest BCUT2D eigenvalue weighted by molar-refractivity contribution is 5.09. The summed E-state index contributed by atoms with van der Waals surface area (Å²) in [6.07, 6.45) is 5.41. The van der Waals surface area contributed by atoms with E-state index in [1.54, 1.807) is 0 Å². The van der Waals surface area contributed by atoms with Gasteiger partial charge in [-0.05, 0) is 45.0 Å². The summed E-state index contributed by atoms with van der Waals surface area (Å²) in [6.45, 7) is 8.69. The molecule has 1 aliphatic heterocycles. The van der Waals surface area contributed by atoms with Gasteiger partial charge in [0.2, 0.25) is 0 Å². The number of likely N-dealkylation sites (N-methyl/N-ethyl adjacent to an activating group) is 1. The van der Waals surface area contributed by atoms with Gasteiger partial charge in [0.25, 0.3) is 0 Å². The van der Waals surface area contributed by atoms with E-state index >= 15 is 0 Å². The third-order valence-corrected chi connectivity index (χ3v) is 3.92. The van der Waals surface area contributed by atoms with Crippen LogP contribution in [-0.4, -0.2) is 35.6 Å². The quantitative estimate of drug-likeness (QED) is 0.883. The molecule has 0 saturated carbocycles. The fourth-order valence-corrected chi connectivity index (χ4v) is 2.79. The zero-order chi connectivity index (χ0) is 13.5. The number of aromatic nitrogens is 1. The molecule has 3 nitrogen and oxygen atoms in total. The van der Waals surface area contributed by atoms with Gasteiger partial charge in [-0.3, -0.25) is 9.88 Å². The molecule has 3 heteroatoms. The van der Waals surface area contributed by atoms with Crippen molar-refractivity contribution in [2.45, 2.75) is 52.1 Å². The molecular weight excluding hydrogens is 234 g/mol. The Hall–Kier alpha value is -0.930. The van der Waals surface area contributed by atoms with Crippen LogP contribution in [0.25, 0.3) is 0 Å². The highest BCUT2D eigenvalue weighted by Crippen LogP contribution is 2.11. The summed E-state index contributed by atoms with van der Waals surface area (Å²) in [6, 6.07) is 6.96. The highest BCUT2D eigenvalue weighted by Gasteiger charge is 2.15. The summed E-state index contributed by atoms with van der Waals surface area (Å²) in [7, 11) is 0. The Morgan fingerprint density at radius 1 is 1.32 bits per heavy atom. The van der Waals surface area contributed by atoms with Crippen molar-refractivity contribution in [1.82, 2.24) is 15.2 Å². The zero-order valence-corrected chi connectivity index (χ0v) is 12.4. The van der Waals surface area contributed by atoms with E-state index in [0.29, 0.717) is 6.04 Å². The third-order valence-electron chi connectivity index (χ3n) is 3.92. The molecule has 1 atom stereocenters. The van der Waals surface area contributed by atoms with Crippen molar-refractivity contribution in [3.63, 3.8) is 0 Å². The molecule has 1 aliphatic rings. The lowest BCUT2D eigenvalue weighted by Gasteiger charge is -2.26. The van der Waals surface area contributed by atoms with Crippen molar-refractivity contribution >= 4 is 0 Å². The summed E-state index contributed by atoms with van der Waals surface area (Å²) in [4.78, 5) is 7.12. The second-order valence-electron chi connectivity index (χ2n) is 5.60. The monoisotopic (exact) mass is 261 g/mol. The van der Waals surface area contributed by atoms with E-state index in [9.17, 15) is 0 Å². The summed E-state index contributed by atoms with van der Waals surface area (Å²) in [5.41, 5.74) is 2.30. The predicted molar refractivity (Wildman–Crippen MR) is 80.2 cm³/mol. The van der Waals surface area contributed by atoms with Crippen molar-refractivity contribution < 1.29 is 0 Å². The van der Waals surface area contributed by atoms with Crippen LogP contribution in [0, 0.1) is 6.92 Å². The van der Waals surface area contributed by atoms with Crippen molar-refractivity contribution in [3.8, 4) is 0 Å². The van der Waals surface area contributed by atoms with Crippen LogP contribution >= 0.6 is 0 Å². The Labute approximate surface area is 117 Å². The van der Waals surface area contributed by atoms with E-state index in [4.69, 9.17) is 0 Å². The number of hydrogen-bond donors (Lipinski definition) is 1. The Kier molecular flexibility index (Phi) is 5.80. The number of rotatable bonds is 5. The predicted octanol–water partition coefficient (Wildman–Crippen LogP) is 2.74. The Morgan fingerprint density at radius 2 is 2.21 bits per heavy atom. The molecule has 0 bridgehead atoms. The third kappa shape index (κ3) is 4.92. The topological polar surface area (TPSA) is 28.2 Å². The smallest absolute Gasteiger partial charge is 0.0547 e. The van der Waals surface area contributed by atoms with Crippen molar-refractivity contribution in [2.24, 2.45) is 0 Å². The minimum Gasteiger partial charge on any atom is -0.313 e. The molecular formula is C16H27N3. The van der Waals surface area contributed by atoms with Crippen LogP contribution in [0.3, 0.4) is 0 Å². The molecule has 1 aromatic heterocycles. The van der Waals surface area contributed by atoms with E-state index < -0.39 is 0 Å². The summed E-state index contributed by atoms with van der Waals surface area (Å²) < 4.78 is 0. The number of pyridine rings is 1. The lowest BCUT2D eigenvalue weighted by Crippen LogP contribution is -2.40. The van der Waals surface area contributed by atoms with Gasteiger partial charge in [0, 0.05) is 24.8 Å². The van der Waals surface area contributed by atoms with Gasteiger partial charge in [0.15, 0.2) is 0 Å². The maximum absolute atomic E-state index is 4.61. The minimum absolute atomic E-state index is 0.659. The number of aryl methyl sites for hydroxylation is 1. The van der Waals surface area contributed by atoms with Crippen LogP contribution in [0.4, 0.5) is 0 Å². The standard InChI is InChI=1S/C16H27N3/c1-3-19(12-15-9-5-4-6-11-17-15)13-16-10-7-8-14(2)18-16/h7-8,10,15,17H,3-6,9,11-13H2,1-2H3. The van der Waals surface area contributed by atoms with Gasteiger partial charge in [-0.2, -0.15) is 0 Å². The van der Waals surface area contributed by atoms with E-state index in [0.717, 1.165) is 25.3 Å². The minimum atomic E-state index is 0.659. The van der Waals surface area contributed by atoms with Gasteiger partial charge in [-0.1, -0.05) is 25.8 Å². The average Bonchev–Trinajstić information content (AvgIpc) is 2.66. The molecule has 0 aliphatic carbocycles. The second kappa shape index (κ2) is 7.61. The maximum Gasteiger partial charge on any atom is 0.0547 e. The molecule has 0 spiro atoms. The van der Waals surface area contributed by atoms with E-state index in [-0.39, 0.29) is 0 Å². The van der Waals surface area contributed by atoms with Gasteiger partial charge in [0.1, 0.15) is 0 Å². The fourth-order valence-electron chi connectivity index (χ4n) is 2.79. The molecule has 2 heterocycles. The van der Waals surface area contributed by atoms with Gasteiger partial charge in [-0.25, -0.2) is 0 Å². The van der Waals surface area contributed by atoms with Gasteiger partial charge in [-0.15, -0.1) is 0 Å². The van der Waals surface area contributed by atoms with Crippen LogP contribution in [-0.2, 0) is 6.54 Å².